The molecule has 0 aliphatic carbocycles. The number of para-hydroxylation sites is 1. The fourth-order valence-corrected chi connectivity index (χ4v) is 2.03. The summed E-state index contributed by atoms with van der Waals surface area (Å²) in [6, 6.07) is 3.39. The molecule has 5 nitrogen and oxygen atoms in total. The molecular formula is C13H16BrFN2O3. The molecule has 2 amide bonds. The Morgan fingerprint density at radius 1 is 1.50 bits per heavy atom. The average Bonchev–Trinajstić information content (AvgIpc) is 2.39. The number of aliphatic carboxylic acids is 1. The normalized spacial score (nSPS) is 11.8. The zero-order valence-electron chi connectivity index (χ0n) is 11.2. The number of anilines is 1. The lowest BCUT2D eigenvalue weighted by Gasteiger charge is -2.27. The standard InChI is InChI=1S/C13H16BrFN2O3/c1-3-8(2)17(7-11(18)19)13(20)16-12-9(14)5-4-6-10(12)15/h4-6,8H,3,7H2,1-2H3,(H,16,20)(H,18,19). The molecule has 0 saturated heterocycles. The van der Waals surface area contributed by atoms with Gasteiger partial charge in [-0.25, -0.2) is 9.18 Å². The molecule has 20 heavy (non-hydrogen) atoms. The van der Waals surface area contributed by atoms with Crippen LogP contribution in [0.1, 0.15) is 20.3 Å². The number of hydrogen-bond acceptors (Lipinski definition) is 2. The second-order valence-corrected chi connectivity index (χ2v) is 5.16. The van der Waals surface area contributed by atoms with Crippen LogP contribution in [0.2, 0.25) is 0 Å². The smallest absolute Gasteiger partial charge is 0.323 e. The number of carboxylic acids is 1. The van der Waals surface area contributed by atoms with E-state index in [1.807, 2.05) is 6.92 Å². The third kappa shape index (κ3) is 4.19. The van der Waals surface area contributed by atoms with Gasteiger partial charge < -0.3 is 15.3 Å². The number of carboxylic acid groups (broad SMARTS) is 1. The molecule has 2 N–H and O–H groups in total. The van der Waals surface area contributed by atoms with E-state index in [9.17, 15) is 14.0 Å². The monoisotopic (exact) mass is 346 g/mol. The highest BCUT2D eigenvalue weighted by Gasteiger charge is 2.23. The van der Waals surface area contributed by atoms with Gasteiger partial charge in [0.15, 0.2) is 0 Å². The van der Waals surface area contributed by atoms with Crippen LogP contribution < -0.4 is 5.32 Å². The van der Waals surface area contributed by atoms with Crippen LogP contribution in [0.3, 0.4) is 0 Å². The van der Waals surface area contributed by atoms with E-state index in [-0.39, 0.29) is 11.7 Å². The van der Waals surface area contributed by atoms with Gasteiger partial charge in [-0.1, -0.05) is 13.0 Å². The maximum atomic E-state index is 13.6. The van der Waals surface area contributed by atoms with E-state index < -0.39 is 24.4 Å². The first-order valence-corrected chi connectivity index (χ1v) is 6.89. The van der Waals surface area contributed by atoms with Crippen LogP contribution in [0.4, 0.5) is 14.9 Å². The highest BCUT2D eigenvalue weighted by molar-refractivity contribution is 9.10. The fourth-order valence-electron chi connectivity index (χ4n) is 1.59. The molecule has 0 aliphatic heterocycles. The van der Waals surface area contributed by atoms with Crippen molar-refractivity contribution in [1.82, 2.24) is 4.90 Å². The molecule has 0 spiro atoms. The summed E-state index contributed by atoms with van der Waals surface area (Å²) in [6.45, 7) is 3.14. The summed E-state index contributed by atoms with van der Waals surface area (Å²) in [4.78, 5) is 24.1. The number of halogens is 2. The van der Waals surface area contributed by atoms with Crippen molar-refractivity contribution >= 4 is 33.6 Å². The second kappa shape index (κ2) is 7.23. The Morgan fingerprint density at radius 3 is 2.65 bits per heavy atom. The molecule has 0 aliphatic rings. The number of rotatable bonds is 5. The van der Waals surface area contributed by atoms with Crippen LogP contribution in [0.15, 0.2) is 22.7 Å². The molecule has 0 aromatic heterocycles. The van der Waals surface area contributed by atoms with Crippen LogP contribution in [-0.2, 0) is 4.79 Å². The molecule has 0 fully saturated rings. The number of hydrogen-bond donors (Lipinski definition) is 2. The molecule has 1 unspecified atom stereocenters. The third-order valence-corrected chi connectivity index (χ3v) is 3.54. The van der Waals surface area contributed by atoms with Crippen LogP contribution in [-0.4, -0.2) is 34.6 Å². The maximum Gasteiger partial charge on any atom is 0.323 e. The van der Waals surface area contributed by atoms with Gasteiger partial charge in [0, 0.05) is 10.5 Å². The zero-order valence-corrected chi connectivity index (χ0v) is 12.8. The van der Waals surface area contributed by atoms with Gasteiger partial charge in [-0.15, -0.1) is 0 Å². The molecule has 0 saturated carbocycles. The van der Waals surface area contributed by atoms with Gasteiger partial charge in [-0.05, 0) is 41.4 Å². The molecule has 0 heterocycles. The minimum Gasteiger partial charge on any atom is -0.480 e. The summed E-state index contributed by atoms with van der Waals surface area (Å²) in [5.74, 6) is -1.71. The summed E-state index contributed by atoms with van der Waals surface area (Å²) < 4.78 is 14.0. The predicted octanol–water partition coefficient (Wildman–Crippen LogP) is 3.31. The number of carbonyl (C=O) groups excluding carboxylic acids is 1. The fraction of sp³-hybridized carbons (Fsp3) is 0.385. The van der Waals surface area contributed by atoms with Crippen LogP contribution in [0, 0.1) is 5.82 Å². The van der Waals surface area contributed by atoms with E-state index in [0.717, 1.165) is 4.90 Å². The molecule has 7 heteroatoms. The molecule has 0 bridgehead atoms. The minimum atomic E-state index is -1.12. The first-order valence-electron chi connectivity index (χ1n) is 6.10. The van der Waals surface area contributed by atoms with E-state index in [4.69, 9.17) is 5.11 Å². The maximum absolute atomic E-state index is 13.6. The first kappa shape index (κ1) is 16.4. The van der Waals surface area contributed by atoms with Crippen molar-refractivity contribution in [3.8, 4) is 0 Å². The lowest BCUT2D eigenvalue weighted by molar-refractivity contribution is -0.138. The van der Waals surface area contributed by atoms with E-state index in [1.54, 1.807) is 13.0 Å². The Morgan fingerprint density at radius 2 is 2.15 bits per heavy atom. The number of carbonyl (C=O) groups is 2. The molecule has 110 valence electrons. The van der Waals surface area contributed by atoms with Crippen LogP contribution in [0.25, 0.3) is 0 Å². The van der Waals surface area contributed by atoms with Gasteiger partial charge in [0.05, 0.1) is 5.69 Å². The summed E-state index contributed by atoms with van der Waals surface area (Å²) in [5.41, 5.74) is -0.00353. The Kier molecular flexibility index (Phi) is 5.94. The number of nitrogens with zero attached hydrogens (tertiary/aromatic N) is 1. The van der Waals surface area contributed by atoms with E-state index in [2.05, 4.69) is 21.2 Å². The summed E-state index contributed by atoms with van der Waals surface area (Å²) in [5, 5.41) is 11.2. The lowest BCUT2D eigenvalue weighted by Crippen LogP contribution is -2.44. The molecule has 1 atom stereocenters. The topological polar surface area (TPSA) is 69.6 Å². The zero-order chi connectivity index (χ0) is 15.3. The van der Waals surface area contributed by atoms with Gasteiger partial charge in [0.1, 0.15) is 12.4 Å². The van der Waals surface area contributed by atoms with Crippen molar-refractivity contribution in [3.63, 3.8) is 0 Å². The van der Waals surface area contributed by atoms with Gasteiger partial charge in [-0.3, -0.25) is 4.79 Å². The largest absolute Gasteiger partial charge is 0.480 e. The number of benzene rings is 1. The average molecular weight is 347 g/mol. The van der Waals surface area contributed by atoms with Crippen LogP contribution >= 0.6 is 15.9 Å². The van der Waals surface area contributed by atoms with Gasteiger partial charge in [0.25, 0.3) is 0 Å². The van der Waals surface area contributed by atoms with Crippen molar-refractivity contribution in [2.24, 2.45) is 0 Å². The van der Waals surface area contributed by atoms with Crippen molar-refractivity contribution < 1.29 is 19.1 Å². The Bertz CT molecular complexity index is 490. The Hall–Kier alpha value is -1.63. The van der Waals surface area contributed by atoms with Gasteiger partial charge >= 0.3 is 12.0 Å². The number of nitrogens with one attached hydrogen (secondary N) is 1. The lowest BCUT2D eigenvalue weighted by atomic mass is 10.2. The van der Waals surface area contributed by atoms with Crippen molar-refractivity contribution in [1.29, 1.82) is 0 Å². The summed E-state index contributed by atoms with van der Waals surface area (Å²) in [7, 11) is 0. The van der Waals surface area contributed by atoms with Crippen molar-refractivity contribution in [2.45, 2.75) is 26.3 Å². The van der Waals surface area contributed by atoms with Gasteiger partial charge in [-0.2, -0.15) is 0 Å². The molecule has 1 aromatic carbocycles. The molecule has 1 rings (SSSR count). The Balaban J connectivity index is 2.93. The van der Waals surface area contributed by atoms with Crippen molar-refractivity contribution in [3.05, 3.63) is 28.5 Å². The second-order valence-electron chi connectivity index (χ2n) is 4.31. The summed E-state index contributed by atoms with van der Waals surface area (Å²) >= 11 is 3.14. The minimum absolute atomic E-state index is 0.00353. The van der Waals surface area contributed by atoms with E-state index >= 15 is 0 Å². The summed E-state index contributed by atoms with van der Waals surface area (Å²) in [6.07, 6.45) is 0.596. The highest BCUT2D eigenvalue weighted by atomic mass is 79.9. The van der Waals surface area contributed by atoms with Crippen molar-refractivity contribution in [2.75, 3.05) is 11.9 Å². The molecule has 1 aromatic rings. The first-order chi connectivity index (χ1) is 9.36. The third-order valence-electron chi connectivity index (χ3n) is 2.88. The number of amides is 2. The quantitative estimate of drug-likeness (QED) is 0.859. The Labute approximate surface area is 124 Å². The SMILES string of the molecule is CCC(C)N(CC(=O)O)C(=O)Nc1c(F)cccc1Br. The van der Waals surface area contributed by atoms with E-state index in [0.29, 0.717) is 10.9 Å². The highest BCUT2D eigenvalue weighted by Crippen LogP contribution is 2.25. The van der Waals surface area contributed by atoms with Crippen LogP contribution in [0.5, 0.6) is 0 Å². The molecule has 0 radical (unpaired) electrons. The number of urea groups is 1. The van der Waals surface area contributed by atoms with Gasteiger partial charge in [0.2, 0.25) is 0 Å². The molecular weight excluding hydrogens is 331 g/mol. The van der Waals surface area contributed by atoms with E-state index in [1.165, 1.54) is 12.1 Å². The predicted molar refractivity (Wildman–Crippen MR) is 77.2 cm³/mol.